The fourth-order valence-electron chi connectivity index (χ4n) is 3.77. The Bertz CT molecular complexity index is 1300. The molecule has 35 heavy (non-hydrogen) atoms. The van der Waals surface area contributed by atoms with Crippen molar-refractivity contribution >= 4 is 11.8 Å². The van der Waals surface area contributed by atoms with Gasteiger partial charge in [-0.15, -0.1) is 0 Å². The summed E-state index contributed by atoms with van der Waals surface area (Å²) >= 11 is 0. The number of hydrogen-bond donors (Lipinski definition) is 3. The molecule has 182 valence electrons. The van der Waals surface area contributed by atoms with Gasteiger partial charge in [-0.25, -0.2) is 9.37 Å². The predicted octanol–water partition coefficient (Wildman–Crippen LogP) is 2.06. The number of ether oxygens (including phenoxy) is 2. The van der Waals surface area contributed by atoms with Crippen molar-refractivity contribution in [3.05, 3.63) is 71.4 Å². The van der Waals surface area contributed by atoms with Gasteiger partial charge >= 0.3 is 0 Å². The van der Waals surface area contributed by atoms with Crippen LogP contribution in [0.5, 0.6) is 11.5 Å². The summed E-state index contributed by atoms with van der Waals surface area (Å²) in [6.07, 6.45) is 2.85. The molecule has 1 aromatic carbocycles. The van der Waals surface area contributed by atoms with Crippen LogP contribution in [-0.4, -0.2) is 47.2 Å². The highest BCUT2D eigenvalue weighted by atomic mass is 19.1. The smallest absolute Gasteiger partial charge is 0.253 e. The molecule has 0 saturated carbocycles. The lowest BCUT2D eigenvalue weighted by Gasteiger charge is -2.26. The lowest BCUT2D eigenvalue weighted by molar-refractivity contribution is -0.123. The first kappa shape index (κ1) is 24.1. The van der Waals surface area contributed by atoms with Crippen molar-refractivity contribution in [3.8, 4) is 22.8 Å². The first-order valence-corrected chi connectivity index (χ1v) is 10.8. The maximum atomic E-state index is 13.5. The fraction of sp³-hybridized carbons (Fsp3) is 0.280. The number of carbonyl (C=O) groups excluding carboxylic acids is 2. The van der Waals surface area contributed by atoms with E-state index in [4.69, 9.17) is 15.2 Å². The largest absolute Gasteiger partial charge is 0.495 e. The van der Waals surface area contributed by atoms with Gasteiger partial charge in [0.15, 0.2) is 0 Å². The standard InChI is InChI=1S/C25H25FN4O5/c1-24(23(27)32)13-35-21-18(24)9-19(30-20(21)14-4-6-16(26)7-5-14)25(2,33)12-29-22(31)15-8-17(34-3)11-28-10-15/h4-11,33H,12-13H2,1-3H3,(H2,27,32)(H,29,31)/t24-,25-/m0/s1. The Labute approximate surface area is 201 Å². The van der Waals surface area contributed by atoms with Crippen LogP contribution in [0.1, 0.15) is 35.5 Å². The van der Waals surface area contributed by atoms with E-state index in [-0.39, 0.29) is 24.4 Å². The van der Waals surface area contributed by atoms with Gasteiger partial charge in [0.1, 0.15) is 40.6 Å². The van der Waals surface area contributed by atoms with Crippen LogP contribution in [0.2, 0.25) is 0 Å². The van der Waals surface area contributed by atoms with Crippen LogP contribution in [0.3, 0.4) is 0 Å². The van der Waals surface area contributed by atoms with Gasteiger partial charge in [0.05, 0.1) is 31.1 Å². The number of hydrogen-bond acceptors (Lipinski definition) is 7. The average molecular weight is 480 g/mol. The number of rotatable bonds is 7. The molecule has 3 aromatic rings. The monoisotopic (exact) mass is 480 g/mol. The van der Waals surface area contributed by atoms with Crippen LogP contribution >= 0.6 is 0 Å². The van der Waals surface area contributed by atoms with Gasteiger partial charge in [0, 0.05) is 17.3 Å². The molecule has 0 unspecified atom stereocenters. The molecule has 2 aromatic heterocycles. The summed E-state index contributed by atoms with van der Waals surface area (Å²) in [5.41, 5.74) is 4.61. The van der Waals surface area contributed by atoms with Crippen molar-refractivity contribution in [2.45, 2.75) is 24.9 Å². The molecule has 9 nitrogen and oxygen atoms in total. The van der Waals surface area contributed by atoms with Gasteiger partial charge in [0.2, 0.25) is 5.91 Å². The third-order valence-corrected chi connectivity index (χ3v) is 6.09. The number of halogens is 1. The molecule has 1 aliphatic heterocycles. The number of amides is 2. The molecule has 2 amide bonds. The average Bonchev–Trinajstić information content (AvgIpc) is 3.20. The van der Waals surface area contributed by atoms with Crippen LogP contribution in [0.25, 0.3) is 11.3 Å². The Balaban J connectivity index is 1.71. The zero-order valence-corrected chi connectivity index (χ0v) is 19.5. The Morgan fingerprint density at radius 2 is 2.00 bits per heavy atom. The van der Waals surface area contributed by atoms with Crippen LogP contribution in [-0.2, 0) is 15.8 Å². The SMILES string of the molecule is COc1cncc(C(=O)NC[C@](C)(O)c2cc3c(c(-c4ccc(F)cc4)n2)OC[C@]3(C)C(N)=O)c1. The molecule has 1 aliphatic rings. The zero-order valence-electron chi connectivity index (χ0n) is 19.5. The molecule has 10 heteroatoms. The third-order valence-electron chi connectivity index (χ3n) is 6.09. The number of carbonyl (C=O) groups is 2. The second-order valence-corrected chi connectivity index (χ2v) is 8.79. The first-order chi connectivity index (χ1) is 16.5. The molecule has 2 atom stereocenters. The predicted molar refractivity (Wildman–Crippen MR) is 124 cm³/mol. The van der Waals surface area contributed by atoms with E-state index in [1.54, 1.807) is 13.0 Å². The first-order valence-electron chi connectivity index (χ1n) is 10.8. The normalized spacial score (nSPS) is 18.2. The number of aromatic nitrogens is 2. The van der Waals surface area contributed by atoms with Crippen molar-refractivity contribution in [2.24, 2.45) is 5.73 Å². The minimum atomic E-state index is -1.65. The van der Waals surface area contributed by atoms with Gasteiger partial charge in [-0.1, -0.05) is 0 Å². The number of benzene rings is 1. The quantitative estimate of drug-likeness (QED) is 0.471. The highest BCUT2D eigenvalue weighted by molar-refractivity contribution is 5.94. The molecule has 4 rings (SSSR count). The van der Waals surface area contributed by atoms with E-state index >= 15 is 0 Å². The summed E-state index contributed by atoms with van der Waals surface area (Å²) in [5.74, 6) is -0.742. The van der Waals surface area contributed by atoms with E-state index in [9.17, 15) is 19.1 Å². The number of aliphatic hydroxyl groups is 1. The van der Waals surface area contributed by atoms with E-state index in [0.717, 1.165) is 0 Å². The van der Waals surface area contributed by atoms with Gasteiger partial charge < -0.3 is 25.6 Å². The molecule has 0 aliphatic carbocycles. The summed E-state index contributed by atoms with van der Waals surface area (Å²) in [6, 6.07) is 8.68. The van der Waals surface area contributed by atoms with Crippen molar-refractivity contribution in [2.75, 3.05) is 20.3 Å². The molecule has 0 bridgehead atoms. The maximum Gasteiger partial charge on any atom is 0.253 e. The Morgan fingerprint density at radius 1 is 1.29 bits per heavy atom. The number of nitrogens with zero attached hydrogens (tertiary/aromatic N) is 2. The minimum absolute atomic E-state index is 0.00128. The molecule has 3 heterocycles. The van der Waals surface area contributed by atoms with Crippen LogP contribution in [0.15, 0.2) is 48.8 Å². The van der Waals surface area contributed by atoms with Gasteiger partial charge in [0.25, 0.3) is 5.91 Å². The van der Waals surface area contributed by atoms with Crippen molar-refractivity contribution in [1.82, 2.24) is 15.3 Å². The summed E-state index contributed by atoms with van der Waals surface area (Å²) in [5, 5.41) is 14.0. The Morgan fingerprint density at radius 3 is 2.66 bits per heavy atom. The van der Waals surface area contributed by atoms with Crippen molar-refractivity contribution < 1.29 is 28.6 Å². The summed E-state index contributed by atoms with van der Waals surface area (Å²) in [7, 11) is 1.46. The number of primary amides is 1. The molecule has 0 fully saturated rings. The lowest BCUT2D eigenvalue weighted by atomic mass is 9.82. The van der Waals surface area contributed by atoms with Gasteiger partial charge in [-0.2, -0.15) is 0 Å². The van der Waals surface area contributed by atoms with Crippen LogP contribution in [0, 0.1) is 5.82 Å². The lowest BCUT2D eigenvalue weighted by Crippen LogP contribution is -2.41. The third kappa shape index (κ3) is 4.52. The molecule has 0 saturated heterocycles. The number of pyridine rings is 2. The second-order valence-electron chi connectivity index (χ2n) is 8.79. The summed E-state index contributed by atoms with van der Waals surface area (Å²) in [6.45, 7) is 2.92. The maximum absolute atomic E-state index is 13.5. The molecule has 0 spiro atoms. The summed E-state index contributed by atoms with van der Waals surface area (Å²) in [4.78, 5) is 33.5. The van der Waals surface area contributed by atoms with Crippen molar-refractivity contribution in [3.63, 3.8) is 0 Å². The van der Waals surface area contributed by atoms with E-state index in [0.29, 0.717) is 28.3 Å². The highest BCUT2D eigenvalue weighted by Gasteiger charge is 2.45. The van der Waals surface area contributed by atoms with Crippen LogP contribution in [0.4, 0.5) is 4.39 Å². The van der Waals surface area contributed by atoms with Crippen LogP contribution < -0.4 is 20.5 Å². The second kappa shape index (κ2) is 8.95. The molecule has 0 radical (unpaired) electrons. The number of fused-ring (bicyclic) bond motifs is 1. The number of nitrogens with two attached hydrogens (primary N) is 1. The highest BCUT2D eigenvalue weighted by Crippen LogP contribution is 2.45. The van der Waals surface area contributed by atoms with Crippen molar-refractivity contribution in [1.29, 1.82) is 0 Å². The Kier molecular flexibility index (Phi) is 6.16. The molecular weight excluding hydrogens is 455 g/mol. The van der Waals surface area contributed by atoms with E-state index < -0.39 is 28.6 Å². The minimum Gasteiger partial charge on any atom is -0.495 e. The molecule has 4 N–H and O–H groups in total. The fourth-order valence-corrected chi connectivity index (χ4v) is 3.77. The van der Waals surface area contributed by atoms with E-state index in [1.165, 1.54) is 56.8 Å². The number of methoxy groups -OCH3 is 1. The zero-order chi connectivity index (χ0) is 25.4. The van der Waals surface area contributed by atoms with Gasteiger partial charge in [-0.05, 0) is 50.2 Å². The van der Waals surface area contributed by atoms with E-state index in [2.05, 4.69) is 15.3 Å². The Hall–Kier alpha value is -4.05. The van der Waals surface area contributed by atoms with E-state index in [1.807, 2.05) is 0 Å². The molecular formula is C25H25FN4O5. The van der Waals surface area contributed by atoms with Gasteiger partial charge in [-0.3, -0.25) is 14.6 Å². The topological polar surface area (TPSA) is 137 Å². The summed E-state index contributed by atoms with van der Waals surface area (Å²) < 4.78 is 24.4. The number of nitrogens with one attached hydrogen (secondary N) is 1.